The number of nitrogens with zero attached hydrogens (tertiary/aromatic N) is 1. The second kappa shape index (κ2) is 4.79. The van der Waals surface area contributed by atoms with Crippen molar-refractivity contribution < 1.29 is 9.49 Å². The number of benzene rings is 1. The van der Waals surface area contributed by atoms with Crippen LogP contribution in [0.3, 0.4) is 0 Å². The Bertz CT molecular complexity index is 482. The van der Waals surface area contributed by atoms with Gasteiger partial charge in [-0.3, -0.25) is 10.1 Å². The van der Waals surface area contributed by atoms with E-state index in [1.807, 2.05) is 20.8 Å². The molecule has 1 aromatic rings. The number of rotatable bonds is 3. The van der Waals surface area contributed by atoms with E-state index in [0.717, 1.165) is 0 Å². The lowest BCUT2D eigenvalue weighted by Gasteiger charge is -2.29. The Morgan fingerprint density at radius 3 is 2.41 bits per heavy atom. The lowest BCUT2D eigenvalue weighted by atomic mass is 10.3. The maximum absolute atomic E-state index is 12.8. The largest absolute Gasteiger partial charge is 0.317 e. The molecule has 0 radical (unpaired) electrons. The predicted octanol–water partition coefficient (Wildman–Crippen LogP) is 3.58. The van der Waals surface area contributed by atoms with Crippen molar-refractivity contribution in [3.63, 3.8) is 0 Å². The van der Waals surface area contributed by atoms with Crippen LogP contribution in [0.5, 0.6) is 0 Å². The summed E-state index contributed by atoms with van der Waals surface area (Å²) < 4.78 is 12.8. The molecule has 1 aromatic carbocycles. The molecule has 0 saturated heterocycles. The Morgan fingerprint density at radius 1 is 1.41 bits per heavy atom. The van der Waals surface area contributed by atoms with Crippen LogP contribution in [0.2, 0.25) is 0 Å². The van der Waals surface area contributed by atoms with Gasteiger partial charge >= 0.3 is 0 Å². The zero-order valence-corrected chi connectivity index (χ0v) is 11.7. The fraction of sp³-hybridized carbons (Fsp3) is 0.455. The first kappa shape index (κ1) is 14.2. The summed E-state index contributed by atoms with van der Waals surface area (Å²) >= 11 is 5.83. The minimum absolute atomic E-state index is 0.0162. The van der Waals surface area contributed by atoms with E-state index < -0.39 is 17.2 Å². The van der Waals surface area contributed by atoms with E-state index >= 15 is 0 Å². The number of halogens is 1. The quantitative estimate of drug-likeness (QED) is 0.367. The molecule has 94 valence electrons. The molecule has 0 aliphatic rings. The van der Waals surface area contributed by atoms with Crippen LogP contribution in [0.1, 0.15) is 20.8 Å². The molecular formula is C11H15ClNO3P. The average molecular weight is 276 g/mol. The van der Waals surface area contributed by atoms with Gasteiger partial charge in [0.25, 0.3) is 5.69 Å². The lowest BCUT2D eigenvalue weighted by Crippen LogP contribution is -2.24. The van der Waals surface area contributed by atoms with Crippen LogP contribution < -0.4 is 5.30 Å². The molecule has 0 N–H and O–H groups in total. The van der Waals surface area contributed by atoms with Gasteiger partial charge in [-0.25, -0.2) is 0 Å². The van der Waals surface area contributed by atoms with Crippen molar-refractivity contribution >= 4 is 29.7 Å². The van der Waals surface area contributed by atoms with Gasteiger partial charge in [0.15, 0.2) is 0 Å². The standard InChI is InChI=1S/C11H15ClNO3P/c1-11(2,3)17(16,8-12)10-6-4-5-9(7-10)13(14)15/h4-7H,8H2,1-3H3. The van der Waals surface area contributed by atoms with Crippen LogP contribution in [0, 0.1) is 10.1 Å². The Balaban J connectivity index is 3.37. The number of hydrogen-bond acceptors (Lipinski definition) is 3. The van der Waals surface area contributed by atoms with Gasteiger partial charge in [0, 0.05) is 22.6 Å². The van der Waals surface area contributed by atoms with E-state index in [-0.39, 0.29) is 11.3 Å². The number of nitro groups is 1. The first-order chi connectivity index (χ1) is 7.72. The van der Waals surface area contributed by atoms with E-state index in [1.165, 1.54) is 12.1 Å². The molecule has 1 atom stereocenters. The highest BCUT2D eigenvalue weighted by molar-refractivity contribution is 7.74. The molecule has 0 aliphatic heterocycles. The molecule has 4 nitrogen and oxygen atoms in total. The highest BCUT2D eigenvalue weighted by Crippen LogP contribution is 2.57. The molecular weight excluding hydrogens is 261 g/mol. The molecule has 0 spiro atoms. The summed E-state index contributed by atoms with van der Waals surface area (Å²) in [7, 11) is -2.84. The van der Waals surface area contributed by atoms with E-state index in [9.17, 15) is 14.7 Å². The molecule has 0 amide bonds. The molecule has 0 aliphatic carbocycles. The Hall–Kier alpha value is -0.860. The van der Waals surface area contributed by atoms with E-state index in [2.05, 4.69) is 0 Å². The van der Waals surface area contributed by atoms with Gasteiger partial charge in [-0.1, -0.05) is 32.9 Å². The van der Waals surface area contributed by atoms with Gasteiger partial charge in [0.2, 0.25) is 0 Å². The maximum Gasteiger partial charge on any atom is 0.270 e. The number of nitro benzene ring substituents is 1. The highest BCUT2D eigenvalue weighted by Gasteiger charge is 2.37. The third kappa shape index (κ3) is 2.70. The lowest BCUT2D eigenvalue weighted by molar-refractivity contribution is -0.384. The van der Waals surface area contributed by atoms with Crippen LogP contribution in [-0.2, 0) is 4.57 Å². The van der Waals surface area contributed by atoms with Gasteiger partial charge in [-0.05, 0) is 0 Å². The van der Waals surface area contributed by atoms with Crippen molar-refractivity contribution in [2.24, 2.45) is 0 Å². The summed E-state index contributed by atoms with van der Waals surface area (Å²) in [6.45, 7) is 5.49. The van der Waals surface area contributed by atoms with Crippen LogP contribution in [0.15, 0.2) is 24.3 Å². The zero-order valence-electron chi connectivity index (χ0n) is 10.0. The number of alkyl halides is 1. The predicted molar refractivity (Wildman–Crippen MR) is 70.8 cm³/mol. The molecule has 1 rings (SSSR count). The summed E-state index contributed by atoms with van der Waals surface area (Å²) in [4.78, 5) is 10.2. The van der Waals surface area contributed by atoms with Crippen LogP contribution in [0.25, 0.3) is 0 Å². The highest BCUT2D eigenvalue weighted by atomic mass is 35.5. The van der Waals surface area contributed by atoms with Crippen molar-refractivity contribution in [3.8, 4) is 0 Å². The monoisotopic (exact) mass is 275 g/mol. The Kier molecular flexibility index (Phi) is 4.00. The summed E-state index contributed by atoms with van der Waals surface area (Å²) in [6, 6.07) is 5.92. The molecule has 0 aromatic heterocycles. The van der Waals surface area contributed by atoms with E-state index in [1.54, 1.807) is 12.1 Å². The molecule has 1 unspecified atom stereocenters. The van der Waals surface area contributed by atoms with Crippen molar-refractivity contribution in [1.82, 2.24) is 0 Å². The van der Waals surface area contributed by atoms with Gasteiger partial charge in [0.05, 0.1) is 10.5 Å². The second-order valence-corrected chi connectivity index (χ2v) is 9.10. The third-order valence-corrected chi connectivity index (χ3v) is 7.34. The van der Waals surface area contributed by atoms with Crippen molar-refractivity contribution in [2.75, 3.05) is 5.62 Å². The fourth-order valence-corrected chi connectivity index (χ4v) is 4.90. The number of hydrogen-bond donors (Lipinski definition) is 0. The molecule has 17 heavy (non-hydrogen) atoms. The smallest absolute Gasteiger partial charge is 0.270 e. The maximum atomic E-state index is 12.8. The van der Waals surface area contributed by atoms with Crippen LogP contribution in [0.4, 0.5) is 5.69 Å². The molecule has 6 heteroatoms. The van der Waals surface area contributed by atoms with Crippen molar-refractivity contribution in [2.45, 2.75) is 25.9 Å². The van der Waals surface area contributed by atoms with Crippen LogP contribution in [-0.4, -0.2) is 15.7 Å². The molecule has 0 bridgehead atoms. The van der Waals surface area contributed by atoms with Crippen molar-refractivity contribution in [3.05, 3.63) is 34.4 Å². The van der Waals surface area contributed by atoms with Gasteiger partial charge in [0.1, 0.15) is 7.14 Å². The van der Waals surface area contributed by atoms with E-state index in [0.29, 0.717) is 5.30 Å². The first-order valence-electron chi connectivity index (χ1n) is 5.12. The summed E-state index contributed by atoms with van der Waals surface area (Å²) in [5, 5.41) is 10.7. The zero-order chi connectivity index (χ0) is 13.3. The normalized spacial score (nSPS) is 15.3. The van der Waals surface area contributed by atoms with Crippen molar-refractivity contribution in [1.29, 1.82) is 0 Å². The fourth-order valence-electron chi connectivity index (χ4n) is 1.47. The third-order valence-electron chi connectivity index (χ3n) is 2.71. The average Bonchev–Trinajstić information content (AvgIpc) is 2.26. The van der Waals surface area contributed by atoms with E-state index in [4.69, 9.17) is 11.6 Å². The molecule has 0 fully saturated rings. The summed E-state index contributed by atoms with van der Waals surface area (Å²) in [6.07, 6.45) is 0. The molecule has 0 heterocycles. The van der Waals surface area contributed by atoms with Crippen LogP contribution >= 0.6 is 18.7 Å². The minimum atomic E-state index is -2.84. The van der Waals surface area contributed by atoms with Gasteiger partial charge in [-0.2, -0.15) is 0 Å². The molecule has 0 saturated carbocycles. The second-order valence-electron chi connectivity index (χ2n) is 4.81. The summed E-state index contributed by atoms with van der Waals surface area (Å²) in [5.41, 5.74) is -0.0745. The Morgan fingerprint density at radius 2 is 2.00 bits per heavy atom. The number of non-ortho nitro benzene ring substituents is 1. The minimum Gasteiger partial charge on any atom is -0.317 e. The SMILES string of the molecule is CC(C)(C)P(=O)(CCl)c1cccc([N+](=O)[O-])c1. The van der Waals surface area contributed by atoms with Gasteiger partial charge < -0.3 is 4.57 Å². The summed E-state index contributed by atoms with van der Waals surface area (Å²) in [5.74, 6) is 0. The topological polar surface area (TPSA) is 60.2 Å². The van der Waals surface area contributed by atoms with Gasteiger partial charge in [-0.15, -0.1) is 11.6 Å². The Labute approximate surface area is 106 Å². The first-order valence-corrected chi connectivity index (χ1v) is 7.55.